The molecule has 2 saturated heterocycles. The van der Waals surface area contributed by atoms with Crippen LogP contribution in [0.2, 0.25) is 0 Å². The lowest BCUT2D eigenvalue weighted by Crippen LogP contribution is -2.44. The van der Waals surface area contributed by atoms with Crippen LogP contribution in [0, 0.1) is 6.92 Å². The highest BCUT2D eigenvalue weighted by Crippen LogP contribution is 2.32. The Balaban J connectivity index is 1.56. The van der Waals surface area contributed by atoms with Gasteiger partial charge in [-0.05, 0) is 25.8 Å². The number of nitrogens with zero attached hydrogens (tertiary/aromatic N) is 4. The predicted octanol–water partition coefficient (Wildman–Crippen LogP) is 1.63. The summed E-state index contributed by atoms with van der Waals surface area (Å²) in [6.07, 6.45) is 6.29. The first kappa shape index (κ1) is 16.0. The van der Waals surface area contributed by atoms with E-state index in [1.807, 2.05) is 30.0 Å². The number of pyridine rings is 1. The second kappa shape index (κ2) is 6.76. The minimum Gasteiger partial charge on any atom is -0.470 e. The molecular weight excluding hydrogens is 320 g/mol. The molecule has 2 aromatic heterocycles. The van der Waals surface area contributed by atoms with Crippen LogP contribution in [0.4, 0.5) is 0 Å². The molecule has 0 radical (unpaired) electrons. The van der Waals surface area contributed by atoms with Gasteiger partial charge in [0, 0.05) is 25.1 Å². The van der Waals surface area contributed by atoms with Crippen LogP contribution in [0.1, 0.15) is 29.0 Å². The molecule has 0 N–H and O–H groups in total. The first-order chi connectivity index (χ1) is 12.2. The molecule has 4 heterocycles. The minimum absolute atomic E-state index is 0.00179. The number of fused-ring (bicyclic) bond motifs is 1. The Bertz CT molecular complexity index is 738. The SMILES string of the molecule is Cc1cnc(C(=O)N2C[C@@H](Oc3ccccn3)[C@H]3OCCC[C@H]32)cn1. The lowest BCUT2D eigenvalue weighted by molar-refractivity contribution is -0.0455. The standard InChI is InChI=1S/C18H20N4O3/c1-12-9-21-13(10-20-12)18(23)22-11-15(17-14(22)5-4-8-24-17)25-16-6-2-3-7-19-16/h2-3,6-7,9-10,14-15,17H,4-5,8,11H2,1H3/t14-,15-,17+/m1/s1. The number of likely N-dealkylation sites (tertiary alicyclic amines) is 1. The zero-order valence-electron chi connectivity index (χ0n) is 14.0. The van der Waals surface area contributed by atoms with Crippen molar-refractivity contribution < 1.29 is 14.3 Å². The Kier molecular flexibility index (Phi) is 4.31. The van der Waals surface area contributed by atoms with Crippen molar-refractivity contribution in [3.05, 3.63) is 48.2 Å². The van der Waals surface area contributed by atoms with Crippen molar-refractivity contribution in [1.29, 1.82) is 0 Å². The van der Waals surface area contributed by atoms with Crippen LogP contribution in [0.3, 0.4) is 0 Å². The van der Waals surface area contributed by atoms with E-state index in [0.29, 0.717) is 24.7 Å². The quantitative estimate of drug-likeness (QED) is 0.845. The number of hydrogen-bond donors (Lipinski definition) is 0. The van der Waals surface area contributed by atoms with Crippen LogP contribution >= 0.6 is 0 Å². The van der Waals surface area contributed by atoms with E-state index in [1.54, 1.807) is 12.4 Å². The molecule has 1 amide bonds. The fourth-order valence-corrected chi connectivity index (χ4v) is 3.47. The Hall–Kier alpha value is -2.54. The monoisotopic (exact) mass is 340 g/mol. The third kappa shape index (κ3) is 3.19. The lowest BCUT2D eigenvalue weighted by atomic mass is 10.0. The van der Waals surface area contributed by atoms with Crippen molar-refractivity contribution in [2.24, 2.45) is 0 Å². The van der Waals surface area contributed by atoms with Crippen LogP contribution in [0.5, 0.6) is 5.88 Å². The average Bonchev–Trinajstić information content (AvgIpc) is 3.01. The van der Waals surface area contributed by atoms with Gasteiger partial charge in [0.1, 0.15) is 17.9 Å². The van der Waals surface area contributed by atoms with E-state index in [-0.39, 0.29) is 24.2 Å². The van der Waals surface area contributed by atoms with Gasteiger partial charge in [-0.3, -0.25) is 9.78 Å². The Labute approximate surface area is 146 Å². The van der Waals surface area contributed by atoms with Crippen molar-refractivity contribution in [1.82, 2.24) is 19.9 Å². The number of carbonyl (C=O) groups is 1. The largest absolute Gasteiger partial charge is 0.470 e. The van der Waals surface area contributed by atoms with Gasteiger partial charge in [-0.2, -0.15) is 0 Å². The fraction of sp³-hybridized carbons (Fsp3) is 0.444. The van der Waals surface area contributed by atoms with Crippen molar-refractivity contribution in [2.75, 3.05) is 13.2 Å². The zero-order chi connectivity index (χ0) is 17.2. The van der Waals surface area contributed by atoms with E-state index in [1.165, 1.54) is 6.20 Å². The van der Waals surface area contributed by atoms with Gasteiger partial charge < -0.3 is 14.4 Å². The highest BCUT2D eigenvalue weighted by Gasteiger charge is 2.48. The molecule has 0 bridgehead atoms. The van der Waals surface area contributed by atoms with Gasteiger partial charge in [-0.15, -0.1) is 0 Å². The molecule has 0 saturated carbocycles. The molecule has 7 nitrogen and oxygen atoms in total. The van der Waals surface area contributed by atoms with Gasteiger partial charge in [-0.1, -0.05) is 6.07 Å². The van der Waals surface area contributed by atoms with E-state index in [4.69, 9.17) is 9.47 Å². The summed E-state index contributed by atoms with van der Waals surface area (Å²) in [6, 6.07) is 5.53. The molecule has 3 atom stereocenters. The Morgan fingerprint density at radius 2 is 2.20 bits per heavy atom. The summed E-state index contributed by atoms with van der Waals surface area (Å²) < 4.78 is 12.0. The van der Waals surface area contributed by atoms with Gasteiger partial charge in [0.05, 0.1) is 24.5 Å². The molecule has 0 aliphatic carbocycles. The van der Waals surface area contributed by atoms with Crippen molar-refractivity contribution in [3.63, 3.8) is 0 Å². The predicted molar refractivity (Wildman–Crippen MR) is 89.2 cm³/mol. The smallest absolute Gasteiger partial charge is 0.274 e. The number of aryl methyl sites for hydroxylation is 1. The summed E-state index contributed by atoms with van der Waals surface area (Å²) >= 11 is 0. The summed E-state index contributed by atoms with van der Waals surface area (Å²) in [5.41, 5.74) is 1.14. The zero-order valence-corrected chi connectivity index (χ0v) is 14.0. The molecule has 2 fully saturated rings. The highest BCUT2D eigenvalue weighted by molar-refractivity contribution is 5.92. The lowest BCUT2D eigenvalue weighted by Gasteiger charge is -2.31. The molecule has 2 aromatic rings. The fourth-order valence-electron chi connectivity index (χ4n) is 3.47. The van der Waals surface area contributed by atoms with Crippen LogP contribution in [0.25, 0.3) is 0 Å². The van der Waals surface area contributed by atoms with Gasteiger partial charge in [0.25, 0.3) is 5.91 Å². The molecule has 4 rings (SSSR count). The number of rotatable bonds is 3. The van der Waals surface area contributed by atoms with Crippen LogP contribution in [-0.2, 0) is 4.74 Å². The average molecular weight is 340 g/mol. The van der Waals surface area contributed by atoms with Gasteiger partial charge >= 0.3 is 0 Å². The first-order valence-electron chi connectivity index (χ1n) is 8.51. The molecule has 7 heteroatoms. The number of carbonyl (C=O) groups excluding carboxylic acids is 1. The maximum atomic E-state index is 12.9. The van der Waals surface area contributed by atoms with Crippen molar-refractivity contribution >= 4 is 5.91 Å². The van der Waals surface area contributed by atoms with Crippen molar-refractivity contribution in [3.8, 4) is 5.88 Å². The summed E-state index contributed by atoms with van der Waals surface area (Å²) in [5, 5.41) is 0. The van der Waals surface area contributed by atoms with E-state index in [9.17, 15) is 4.79 Å². The normalized spacial score (nSPS) is 25.5. The molecular formula is C18H20N4O3. The second-order valence-corrected chi connectivity index (χ2v) is 6.37. The third-order valence-corrected chi connectivity index (χ3v) is 4.65. The summed E-state index contributed by atoms with van der Waals surface area (Å²) in [4.78, 5) is 27.3. The molecule has 0 aromatic carbocycles. The minimum atomic E-state index is -0.234. The van der Waals surface area contributed by atoms with E-state index in [2.05, 4.69) is 15.0 Å². The van der Waals surface area contributed by atoms with Crippen LogP contribution in [0.15, 0.2) is 36.8 Å². The number of amides is 1. The van der Waals surface area contributed by atoms with Gasteiger partial charge in [0.2, 0.25) is 5.88 Å². The molecule has 25 heavy (non-hydrogen) atoms. The maximum absolute atomic E-state index is 12.9. The Morgan fingerprint density at radius 1 is 1.28 bits per heavy atom. The maximum Gasteiger partial charge on any atom is 0.274 e. The summed E-state index contributed by atoms with van der Waals surface area (Å²) in [6.45, 7) is 2.99. The molecule has 0 unspecified atom stereocenters. The van der Waals surface area contributed by atoms with Crippen molar-refractivity contribution in [2.45, 2.75) is 38.0 Å². The number of ether oxygens (including phenoxy) is 2. The van der Waals surface area contributed by atoms with Crippen LogP contribution < -0.4 is 4.74 Å². The van der Waals surface area contributed by atoms with Crippen LogP contribution in [-0.4, -0.2) is 57.2 Å². The molecule has 0 spiro atoms. The van der Waals surface area contributed by atoms with E-state index >= 15 is 0 Å². The van der Waals surface area contributed by atoms with Gasteiger partial charge in [0.15, 0.2) is 0 Å². The molecule has 2 aliphatic rings. The summed E-state index contributed by atoms with van der Waals surface area (Å²) in [7, 11) is 0. The first-order valence-corrected chi connectivity index (χ1v) is 8.51. The third-order valence-electron chi connectivity index (χ3n) is 4.65. The highest BCUT2D eigenvalue weighted by atomic mass is 16.5. The van der Waals surface area contributed by atoms with Gasteiger partial charge in [-0.25, -0.2) is 9.97 Å². The molecule has 130 valence electrons. The number of hydrogen-bond acceptors (Lipinski definition) is 6. The number of aromatic nitrogens is 3. The topological polar surface area (TPSA) is 77.4 Å². The van der Waals surface area contributed by atoms with E-state index in [0.717, 1.165) is 18.5 Å². The Morgan fingerprint density at radius 3 is 2.96 bits per heavy atom. The van der Waals surface area contributed by atoms with E-state index < -0.39 is 0 Å². The summed E-state index contributed by atoms with van der Waals surface area (Å²) in [5.74, 6) is 0.421. The molecule has 2 aliphatic heterocycles. The second-order valence-electron chi connectivity index (χ2n) is 6.37.